The van der Waals surface area contributed by atoms with Crippen LogP contribution in [-0.2, 0) is 17.5 Å². The molecule has 0 aliphatic carbocycles. The molecule has 1 aromatic heterocycles. The number of alkyl carbamates (subject to hydrolysis) is 1. The largest absolute Gasteiger partial charge is 0.444 e. The van der Waals surface area contributed by atoms with E-state index in [4.69, 9.17) is 4.74 Å². The van der Waals surface area contributed by atoms with Gasteiger partial charge in [0.15, 0.2) is 11.5 Å². The lowest BCUT2D eigenvalue weighted by Gasteiger charge is -2.29. The number of rotatable bonds is 5. The van der Waals surface area contributed by atoms with Crippen molar-refractivity contribution in [2.45, 2.75) is 71.8 Å². The fraction of sp³-hybridized carbons (Fsp3) is 0.688. The molecule has 0 aliphatic heterocycles. The van der Waals surface area contributed by atoms with Crippen molar-refractivity contribution in [3.8, 4) is 0 Å². The first-order chi connectivity index (χ1) is 11.1. The highest BCUT2D eigenvalue weighted by molar-refractivity contribution is 5.94. The van der Waals surface area contributed by atoms with Gasteiger partial charge < -0.3 is 10.1 Å². The molecule has 1 heterocycles. The number of nitrogens with zero attached hydrogens (tertiary/aromatic N) is 2. The third-order valence-corrected chi connectivity index (χ3v) is 3.06. The maximum Gasteiger partial charge on any atom is 0.435 e. The molecule has 9 heteroatoms. The van der Waals surface area contributed by atoms with Crippen LogP contribution in [0.15, 0.2) is 6.07 Å². The van der Waals surface area contributed by atoms with E-state index in [0.29, 0.717) is 0 Å². The van der Waals surface area contributed by atoms with Gasteiger partial charge in [0, 0.05) is 6.42 Å². The summed E-state index contributed by atoms with van der Waals surface area (Å²) < 4.78 is 44.8. The van der Waals surface area contributed by atoms with Gasteiger partial charge in [-0.3, -0.25) is 9.48 Å². The molecule has 0 saturated carbocycles. The van der Waals surface area contributed by atoms with Crippen LogP contribution in [0.3, 0.4) is 0 Å². The molecule has 1 amide bonds. The first kappa shape index (κ1) is 21.0. The van der Waals surface area contributed by atoms with Crippen LogP contribution in [-0.4, -0.2) is 32.8 Å². The summed E-state index contributed by atoms with van der Waals surface area (Å²) in [7, 11) is 0. The molecule has 142 valence electrons. The predicted molar refractivity (Wildman–Crippen MR) is 85.3 cm³/mol. The number of carbonyl (C=O) groups excluding carboxylic acids is 2. The van der Waals surface area contributed by atoms with E-state index in [2.05, 4.69) is 10.4 Å². The zero-order valence-corrected chi connectivity index (χ0v) is 15.2. The third kappa shape index (κ3) is 6.39. The Morgan fingerprint density at radius 1 is 1.20 bits per heavy atom. The number of amides is 1. The Morgan fingerprint density at radius 2 is 1.76 bits per heavy atom. The van der Waals surface area contributed by atoms with Crippen LogP contribution in [0.5, 0.6) is 0 Å². The van der Waals surface area contributed by atoms with Crippen molar-refractivity contribution in [1.29, 1.82) is 0 Å². The first-order valence-corrected chi connectivity index (χ1v) is 7.84. The smallest absolute Gasteiger partial charge is 0.435 e. The third-order valence-electron chi connectivity index (χ3n) is 3.06. The minimum atomic E-state index is -4.66. The zero-order valence-electron chi connectivity index (χ0n) is 15.2. The highest BCUT2D eigenvalue weighted by Gasteiger charge is 2.36. The minimum absolute atomic E-state index is 0.0446. The van der Waals surface area contributed by atoms with Gasteiger partial charge in [-0.2, -0.15) is 18.3 Å². The molecule has 0 atom stereocenters. The van der Waals surface area contributed by atoms with Crippen LogP contribution in [0.2, 0.25) is 0 Å². The SMILES string of the molecule is CCC(=O)c1cc(C(F)(F)F)nn1CC(C)(C)NC(=O)OC(C)(C)C. The second kappa shape index (κ2) is 7.05. The van der Waals surface area contributed by atoms with Crippen molar-refractivity contribution < 1.29 is 27.5 Å². The van der Waals surface area contributed by atoms with E-state index in [9.17, 15) is 22.8 Å². The van der Waals surface area contributed by atoms with Gasteiger partial charge in [0.05, 0.1) is 12.1 Å². The Kier molecular flexibility index (Phi) is 5.92. The standard InChI is InChI=1S/C16H24F3N3O3/c1-7-11(23)10-8-12(16(17,18)19)21-22(10)9-15(5,6)20-13(24)25-14(2,3)4/h8H,7,9H2,1-6H3,(H,20,24). The summed E-state index contributed by atoms with van der Waals surface area (Å²) in [6.45, 7) is 9.72. The number of aromatic nitrogens is 2. The van der Waals surface area contributed by atoms with Crippen molar-refractivity contribution >= 4 is 11.9 Å². The van der Waals surface area contributed by atoms with E-state index in [1.54, 1.807) is 41.5 Å². The molecule has 0 aliphatic rings. The molecule has 0 bridgehead atoms. The summed E-state index contributed by atoms with van der Waals surface area (Å²) in [5, 5.41) is 6.08. The molecule has 1 aromatic rings. The quantitative estimate of drug-likeness (QED) is 0.808. The van der Waals surface area contributed by atoms with Gasteiger partial charge >= 0.3 is 12.3 Å². The Labute approximate surface area is 144 Å². The molecule has 25 heavy (non-hydrogen) atoms. The second-order valence-electron chi connectivity index (χ2n) is 7.36. The number of nitrogens with one attached hydrogen (secondary N) is 1. The number of alkyl halides is 3. The molecule has 0 unspecified atom stereocenters. The lowest BCUT2D eigenvalue weighted by atomic mass is 10.1. The monoisotopic (exact) mass is 363 g/mol. The van der Waals surface area contributed by atoms with Crippen molar-refractivity contribution in [2.24, 2.45) is 0 Å². The number of hydrogen-bond donors (Lipinski definition) is 1. The van der Waals surface area contributed by atoms with Crippen molar-refractivity contribution in [2.75, 3.05) is 0 Å². The van der Waals surface area contributed by atoms with E-state index >= 15 is 0 Å². The number of hydrogen-bond acceptors (Lipinski definition) is 4. The van der Waals surface area contributed by atoms with Crippen molar-refractivity contribution in [3.63, 3.8) is 0 Å². The van der Waals surface area contributed by atoms with E-state index in [-0.39, 0.29) is 18.7 Å². The summed E-state index contributed by atoms with van der Waals surface area (Å²) in [5.41, 5.74) is -2.98. The van der Waals surface area contributed by atoms with Crippen LogP contribution < -0.4 is 5.32 Å². The minimum Gasteiger partial charge on any atom is -0.444 e. The van der Waals surface area contributed by atoms with Crippen molar-refractivity contribution in [1.82, 2.24) is 15.1 Å². The number of ether oxygens (including phenoxy) is 1. The molecular formula is C16H24F3N3O3. The van der Waals surface area contributed by atoms with Gasteiger partial charge in [0.2, 0.25) is 0 Å². The normalized spacial score (nSPS) is 12.8. The molecule has 0 fully saturated rings. The van der Waals surface area contributed by atoms with E-state index in [0.717, 1.165) is 10.7 Å². The average molecular weight is 363 g/mol. The van der Waals surface area contributed by atoms with E-state index in [1.165, 1.54) is 0 Å². The maximum absolute atomic E-state index is 12.9. The van der Waals surface area contributed by atoms with Crippen LogP contribution >= 0.6 is 0 Å². The number of halogens is 3. The van der Waals surface area contributed by atoms with Crippen LogP contribution in [0, 0.1) is 0 Å². The topological polar surface area (TPSA) is 73.2 Å². The van der Waals surface area contributed by atoms with E-state index in [1.807, 2.05) is 0 Å². The predicted octanol–water partition coefficient (Wildman–Crippen LogP) is 3.80. The van der Waals surface area contributed by atoms with Crippen LogP contribution in [0.1, 0.15) is 64.1 Å². The fourth-order valence-corrected chi connectivity index (χ4v) is 2.08. The Bertz CT molecular complexity index is 643. The molecule has 0 aromatic carbocycles. The van der Waals surface area contributed by atoms with Gasteiger partial charge in [-0.1, -0.05) is 6.92 Å². The molecule has 1 N–H and O–H groups in total. The molecule has 0 radical (unpaired) electrons. The second-order valence-corrected chi connectivity index (χ2v) is 7.36. The zero-order chi connectivity index (χ0) is 19.6. The average Bonchev–Trinajstić information content (AvgIpc) is 2.77. The first-order valence-electron chi connectivity index (χ1n) is 7.84. The number of ketones is 1. The van der Waals surface area contributed by atoms with Gasteiger partial charge in [0.1, 0.15) is 11.3 Å². The number of Topliss-reactive ketones (excluding diaryl/α,β-unsaturated/α-hetero) is 1. The summed E-state index contributed by atoms with van der Waals surface area (Å²) >= 11 is 0. The molecule has 0 saturated heterocycles. The number of carbonyl (C=O) groups is 2. The van der Waals surface area contributed by atoms with E-state index < -0.39 is 34.9 Å². The lowest BCUT2D eigenvalue weighted by molar-refractivity contribution is -0.141. The Balaban J connectivity index is 3.05. The molecule has 1 rings (SSSR count). The fourth-order valence-electron chi connectivity index (χ4n) is 2.08. The maximum atomic E-state index is 12.9. The van der Waals surface area contributed by atoms with Gasteiger partial charge in [-0.25, -0.2) is 4.79 Å². The van der Waals surface area contributed by atoms with Gasteiger partial charge in [0.25, 0.3) is 0 Å². The Morgan fingerprint density at radius 3 is 2.20 bits per heavy atom. The van der Waals surface area contributed by atoms with Crippen LogP contribution in [0.4, 0.5) is 18.0 Å². The Hall–Kier alpha value is -2.06. The van der Waals surface area contributed by atoms with Crippen LogP contribution in [0.25, 0.3) is 0 Å². The summed E-state index contributed by atoms with van der Waals surface area (Å²) in [4.78, 5) is 23.8. The van der Waals surface area contributed by atoms with Gasteiger partial charge in [-0.15, -0.1) is 0 Å². The summed E-state index contributed by atoms with van der Waals surface area (Å²) in [6, 6.07) is 0.732. The summed E-state index contributed by atoms with van der Waals surface area (Å²) in [5.74, 6) is -0.462. The lowest BCUT2D eigenvalue weighted by Crippen LogP contribution is -2.48. The summed E-state index contributed by atoms with van der Waals surface area (Å²) in [6.07, 6.45) is -5.32. The highest BCUT2D eigenvalue weighted by atomic mass is 19.4. The van der Waals surface area contributed by atoms with Gasteiger partial charge in [-0.05, 0) is 40.7 Å². The molecular weight excluding hydrogens is 339 g/mol. The van der Waals surface area contributed by atoms with Crippen molar-refractivity contribution in [3.05, 3.63) is 17.5 Å². The highest BCUT2D eigenvalue weighted by Crippen LogP contribution is 2.29. The molecule has 6 nitrogen and oxygen atoms in total. The molecule has 0 spiro atoms.